The zero-order valence-corrected chi connectivity index (χ0v) is 16.0. The van der Waals surface area contributed by atoms with Crippen LogP contribution in [0.25, 0.3) is 0 Å². The summed E-state index contributed by atoms with van der Waals surface area (Å²) < 4.78 is 10.1. The number of nitrogens with zero attached hydrogens (tertiary/aromatic N) is 2. The molecule has 2 fully saturated rings. The Kier molecular flexibility index (Phi) is 21.5. The lowest BCUT2D eigenvalue weighted by atomic mass is 10.2. The third kappa shape index (κ3) is 15.1. The largest absolute Gasteiger partial charge is 0.395 e. The van der Waals surface area contributed by atoms with Gasteiger partial charge >= 0.3 is 0 Å². The predicted octanol–water partition coefficient (Wildman–Crippen LogP) is 1.06. The highest BCUT2D eigenvalue weighted by atomic mass is 16.5. The van der Waals surface area contributed by atoms with E-state index in [1.54, 1.807) is 0 Å². The smallest absolute Gasteiger partial charge is 0.0645 e. The highest BCUT2D eigenvalue weighted by Gasteiger charge is 2.21. The number of morpholine rings is 1. The fourth-order valence-corrected chi connectivity index (χ4v) is 1.78. The zero-order chi connectivity index (χ0) is 17.9. The summed E-state index contributed by atoms with van der Waals surface area (Å²) in [5, 5.41) is 17.1. The van der Waals surface area contributed by atoms with Crippen LogP contribution in [0.4, 0.5) is 0 Å². The van der Waals surface area contributed by atoms with Crippen molar-refractivity contribution in [2.24, 2.45) is 0 Å². The molecule has 0 amide bonds. The van der Waals surface area contributed by atoms with Gasteiger partial charge in [0.2, 0.25) is 0 Å². The molecule has 0 saturated carbocycles. The Bertz CT molecular complexity index is 204. The second-order valence-electron chi connectivity index (χ2n) is 5.28. The van der Waals surface area contributed by atoms with E-state index in [1.165, 1.54) is 6.42 Å². The van der Waals surface area contributed by atoms with E-state index in [0.29, 0.717) is 6.04 Å². The summed E-state index contributed by atoms with van der Waals surface area (Å²) in [6.07, 6.45) is 1.25. The second-order valence-corrected chi connectivity index (χ2v) is 5.28. The van der Waals surface area contributed by atoms with Crippen LogP contribution in [0.3, 0.4) is 0 Å². The highest BCUT2D eigenvalue weighted by molar-refractivity contribution is 4.73. The Hall–Kier alpha value is -0.240. The van der Waals surface area contributed by atoms with Crippen LogP contribution < -0.4 is 0 Å². The van der Waals surface area contributed by atoms with E-state index < -0.39 is 0 Å². The van der Waals surface area contributed by atoms with Crippen molar-refractivity contribution >= 4 is 0 Å². The van der Waals surface area contributed by atoms with Crippen molar-refractivity contribution in [2.75, 3.05) is 72.9 Å². The highest BCUT2D eigenvalue weighted by Crippen LogP contribution is 2.06. The van der Waals surface area contributed by atoms with Crippen LogP contribution in [-0.2, 0) is 9.47 Å². The first kappa shape index (κ1) is 25.0. The quantitative estimate of drug-likeness (QED) is 0.783. The van der Waals surface area contributed by atoms with E-state index in [4.69, 9.17) is 19.7 Å². The predicted molar refractivity (Wildman–Crippen MR) is 96.0 cm³/mol. The van der Waals surface area contributed by atoms with Crippen LogP contribution >= 0.6 is 0 Å². The van der Waals surface area contributed by atoms with E-state index in [2.05, 4.69) is 23.6 Å². The van der Waals surface area contributed by atoms with Crippen molar-refractivity contribution in [3.8, 4) is 0 Å². The van der Waals surface area contributed by atoms with Gasteiger partial charge < -0.3 is 19.7 Å². The van der Waals surface area contributed by atoms with Gasteiger partial charge in [-0.25, -0.2) is 0 Å². The molecule has 6 nitrogen and oxygen atoms in total. The number of ether oxygens (including phenoxy) is 2. The summed E-state index contributed by atoms with van der Waals surface area (Å²) >= 11 is 0. The molecule has 0 atom stereocenters. The maximum Gasteiger partial charge on any atom is 0.0645 e. The van der Waals surface area contributed by atoms with E-state index >= 15 is 0 Å². The Labute approximate surface area is 143 Å². The van der Waals surface area contributed by atoms with Gasteiger partial charge in [-0.15, -0.1) is 0 Å². The number of aliphatic hydroxyl groups is 2. The SMILES string of the molecule is CC.CCC.CN(CCO)C1COC1.OCCN1CCOCC1. The molecule has 0 aromatic rings. The van der Waals surface area contributed by atoms with Crippen LogP contribution in [0.15, 0.2) is 0 Å². The standard InChI is InChI=1S/2C6H13NO2.C3H8.C2H6/c8-4-1-7-2-5-9-6-3-7;1-7(2-3-8)6-4-9-5-6;1-3-2;1-2/h8H,1-6H2;6,8H,2-5H2,1H3;3H2,1-2H3;1-2H3. The maximum atomic E-state index is 8.54. The van der Waals surface area contributed by atoms with Crippen LogP contribution in [-0.4, -0.2) is 98.9 Å². The number of hydrogen-bond acceptors (Lipinski definition) is 6. The molecule has 2 rings (SSSR count). The van der Waals surface area contributed by atoms with Crippen LogP contribution in [0.5, 0.6) is 0 Å². The van der Waals surface area contributed by atoms with Gasteiger partial charge in [-0.2, -0.15) is 0 Å². The average molecular weight is 337 g/mol. The topological polar surface area (TPSA) is 65.4 Å². The van der Waals surface area contributed by atoms with Crippen LogP contribution in [0.2, 0.25) is 0 Å². The summed E-state index contributed by atoms with van der Waals surface area (Å²) in [5.41, 5.74) is 0. The molecule has 2 aliphatic heterocycles. The number of β-amino-alcohol motifs (C(OH)–C–C–N with tert-alkyl or cyclic N) is 1. The Morgan fingerprint density at radius 1 is 1.00 bits per heavy atom. The molecule has 2 saturated heterocycles. The molecule has 0 aliphatic carbocycles. The molecule has 0 bridgehead atoms. The molecule has 142 valence electrons. The van der Waals surface area contributed by atoms with Gasteiger partial charge in [-0.1, -0.05) is 34.1 Å². The van der Waals surface area contributed by atoms with Crippen molar-refractivity contribution in [3.05, 3.63) is 0 Å². The molecule has 2 aliphatic rings. The number of likely N-dealkylation sites (N-methyl/N-ethyl adjacent to an activating group) is 1. The molecular formula is C17H40N2O4. The van der Waals surface area contributed by atoms with Gasteiger partial charge in [0, 0.05) is 26.2 Å². The number of rotatable bonds is 5. The van der Waals surface area contributed by atoms with Crippen molar-refractivity contribution in [1.82, 2.24) is 9.80 Å². The molecule has 0 radical (unpaired) electrons. The lowest BCUT2D eigenvalue weighted by Crippen LogP contribution is -2.47. The fraction of sp³-hybridized carbons (Fsp3) is 1.00. The third-order valence-electron chi connectivity index (χ3n) is 3.22. The lowest BCUT2D eigenvalue weighted by Gasteiger charge is -2.33. The summed E-state index contributed by atoms with van der Waals surface area (Å²) in [5.74, 6) is 0. The fourth-order valence-electron chi connectivity index (χ4n) is 1.78. The molecule has 23 heavy (non-hydrogen) atoms. The molecular weight excluding hydrogens is 296 g/mol. The van der Waals surface area contributed by atoms with Crippen molar-refractivity contribution < 1.29 is 19.7 Å². The minimum absolute atomic E-state index is 0.243. The first-order valence-corrected chi connectivity index (χ1v) is 8.99. The van der Waals surface area contributed by atoms with E-state index in [9.17, 15) is 0 Å². The Balaban J connectivity index is 0. The third-order valence-corrected chi connectivity index (χ3v) is 3.22. The van der Waals surface area contributed by atoms with E-state index in [-0.39, 0.29) is 13.2 Å². The molecule has 0 aromatic carbocycles. The summed E-state index contributed by atoms with van der Waals surface area (Å²) in [6, 6.07) is 0.553. The van der Waals surface area contributed by atoms with Crippen molar-refractivity contribution in [2.45, 2.75) is 40.2 Å². The van der Waals surface area contributed by atoms with E-state index in [1.807, 2.05) is 20.9 Å². The van der Waals surface area contributed by atoms with Gasteiger partial charge in [-0.3, -0.25) is 9.80 Å². The van der Waals surface area contributed by atoms with Gasteiger partial charge in [0.15, 0.2) is 0 Å². The molecule has 0 unspecified atom stereocenters. The van der Waals surface area contributed by atoms with E-state index in [0.717, 1.165) is 52.6 Å². The van der Waals surface area contributed by atoms with Crippen LogP contribution in [0.1, 0.15) is 34.1 Å². The molecule has 2 heterocycles. The number of aliphatic hydroxyl groups excluding tert-OH is 2. The lowest BCUT2D eigenvalue weighted by molar-refractivity contribution is -0.0589. The van der Waals surface area contributed by atoms with Crippen molar-refractivity contribution in [1.29, 1.82) is 0 Å². The van der Waals surface area contributed by atoms with Crippen LogP contribution in [0, 0.1) is 0 Å². The Morgan fingerprint density at radius 2 is 1.52 bits per heavy atom. The maximum absolute atomic E-state index is 8.54. The van der Waals surface area contributed by atoms with Gasteiger partial charge in [-0.05, 0) is 7.05 Å². The molecule has 6 heteroatoms. The normalized spacial score (nSPS) is 17.7. The Morgan fingerprint density at radius 3 is 1.87 bits per heavy atom. The monoisotopic (exact) mass is 336 g/mol. The summed E-state index contributed by atoms with van der Waals surface area (Å²) in [6.45, 7) is 15.6. The zero-order valence-electron chi connectivity index (χ0n) is 16.0. The van der Waals surface area contributed by atoms with Gasteiger partial charge in [0.1, 0.15) is 0 Å². The summed E-state index contributed by atoms with van der Waals surface area (Å²) in [4.78, 5) is 4.31. The first-order chi connectivity index (χ1) is 11.2. The van der Waals surface area contributed by atoms with Crippen molar-refractivity contribution in [3.63, 3.8) is 0 Å². The summed E-state index contributed by atoms with van der Waals surface area (Å²) in [7, 11) is 2.00. The minimum atomic E-state index is 0.243. The average Bonchev–Trinajstić information content (AvgIpc) is 2.51. The van der Waals surface area contributed by atoms with Gasteiger partial charge in [0.25, 0.3) is 0 Å². The van der Waals surface area contributed by atoms with Gasteiger partial charge in [0.05, 0.1) is 45.7 Å². The first-order valence-electron chi connectivity index (χ1n) is 8.99. The second kappa shape index (κ2) is 19.8. The minimum Gasteiger partial charge on any atom is -0.395 e. The molecule has 0 aromatic heterocycles. The molecule has 2 N–H and O–H groups in total. The number of hydrogen-bond donors (Lipinski definition) is 2. The molecule has 0 spiro atoms.